The van der Waals surface area contributed by atoms with Crippen molar-refractivity contribution in [2.24, 2.45) is 0 Å². The number of carbonyl (C=O) groups is 1. The highest BCUT2D eigenvalue weighted by Gasteiger charge is 2.31. The second-order valence-corrected chi connectivity index (χ2v) is 3.56. The number of carboxylic acid groups (broad SMARTS) is 1. The summed E-state index contributed by atoms with van der Waals surface area (Å²) in [5.74, 6) is -1.96. The van der Waals surface area contributed by atoms with Crippen LogP contribution in [0.2, 0.25) is 0 Å². The van der Waals surface area contributed by atoms with Crippen LogP contribution < -0.4 is 4.74 Å². The molecule has 0 spiro atoms. The number of benzene rings is 1. The molecular weight excluding hydrogens is 265 g/mol. The molecule has 1 aromatic carbocycles. The van der Waals surface area contributed by atoms with Gasteiger partial charge in [0.05, 0.1) is 5.56 Å². The Morgan fingerprint density at radius 3 is 2.53 bits per heavy atom. The van der Waals surface area contributed by atoms with Gasteiger partial charge in [-0.3, -0.25) is 0 Å². The van der Waals surface area contributed by atoms with Crippen LogP contribution in [0.4, 0.5) is 13.2 Å². The van der Waals surface area contributed by atoms with Crippen LogP contribution in [0.25, 0.3) is 6.08 Å². The van der Waals surface area contributed by atoms with Gasteiger partial charge >= 0.3 is 12.3 Å². The van der Waals surface area contributed by atoms with E-state index in [-0.39, 0.29) is 17.7 Å². The van der Waals surface area contributed by atoms with Crippen LogP contribution in [0.3, 0.4) is 0 Å². The third kappa shape index (κ3) is 5.43. The number of aromatic carboxylic acids is 1. The van der Waals surface area contributed by atoms with Crippen LogP contribution in [0, 0.1) is 0 Å². The first-order valence-electron chi connectivity index (χ1n) is 5.23. The number of aliphatic hydroxyl groups excluding tert-OH is 1. The zero-order valence-electron chi connectivity index (χ0n) is 9.65. The molecule has 1 rings (SSSR count). The lowest BCUT2D eigenvalue weighted by Crippen LogP contribution is -2.17. The van der Waals surface area contributed by atoms with Gasteiger partial charge < -0.3 is 14.9 Å². The maximum Gasteiger partial charge on any atom is 0.573 e. The highest BCUT2D eigenvalue weighted by Crippen LogP contribution is 2.25. The second kappa shape index (κ2) is 6.24. The molecule has 0 atom stereocenters. The Balaban J connectivity index is 3.07. The number of rotatable bonds is 5. The van der Waals surface area contributed by atoms with E-state index in [4.69, 9.17) is 10.2 Å². The lowest BCUT2D eigenvalue weighted by molar-refractivity contribution is -0.274. The van der Waals surface area contributed by atoms with Gasteiger partial charge in [-0.25, -0.2) is 4.79 Å². The van der Waals surface area contributed by atoms with Gasteiger partial charge in [0.25, 0.3) is 0 Å². The minimum atomic E-state index is -4.89. The summed E-state index contributed by atoms with van der Waals surface area (Å²) < 4.78 is 40.0. The number of hydrogen-bond donors (Lipinski definition) is 2. The van der Waals surface area contributed by atoms with Crippen molar-refractivity contribution in [1.29, 1.82) is 0 Å². The van der Waals surface area contributed by atoms with Gasteiger partial charge in [0, 0.05) is 6.61 Å². The lowest BCUT2D eigenvalue weighted by Gasteiger charge is -2.10. The summed E-state index contributed by atoms with van der Waals surface area (Å²) in [6.07, 6.45) is -1.65. The molecule has 7 heteroatoms. The van der Waals surface area contributed by atoms with Crippen molar-refractivity contribution >= 4 is 12.0 Å². The zero-order chi connectivity index (χ0) is 14.5. The van der Waals surface area contributed by atoms with E-state index in [1.165, 1.54) is 18.2 Å². The molecule has 0 bridgehead atoms. The van der Waals surface area contributed by atoms with Crippen molar-refractivity contribution < 1.29 is 32.9 Å². The van der Waals surface area contributed by atoms with E-state index in [0.29, 0.717) is 6.42 Å². The number of halogens is 3. The molecule has 1 aromatic rings. The Labute approximate surface area is 106 Å². The summed E-state index contributed by atoms with van der Waals surface area (Å²) in [4.78, 5) is 10.8. The zero-order valence-corrected chi connectivity index (χ0v) is 9.65. The summed E-state index contributed by atoms with van der Waals surface area (Å²) in [7, 11) is 0. The summed E-state index contributed by atoms with van der Waals surface area (Å²) in [6, 6.07) is 3.06. The quantitative estimate of drug-likeness (QED) is 0.867. The fraction of sp³-hybridized carbons (Fsp3) is 0.250. The number of alkyl halides is 3. The topological polar surface area (TPSA) is 66.8 Å². The molecule has 104 valence electrons. The Bertz CT molecular complexity index is 480. The fourth-order valence-corrected chi connectivity index (χ4v) is 1.33. The molecule has 0 radical (unpaired) electrons. The molecule has 0 unspecified atom stereocenters. The van der Waals surface area contributed by atoms with Crippen LogP contribution in [0.1, 0.15) is 22.3 Å². The molecule has 0 amide bonds. The average molecular weight is 276 g/mol. The van der Waals surface area contributed by atoms with E-state index in [9.17, 15) is 18.0 Å². The van der Waals surface area contributed by atoms with Crippen LogP contribution in [-0.2, 0) is 0 Å². The second-order valence-electron chi connectivity index (χ2n) is 3.56. The summed E-state index contributed by atoms with van der Waals surface area (Å²) >= 11 is 0. The van der Waals surface area contributed by atoms with Gasteiger partial charge in [-0.1, -0.05) is 12.2 Å². The van der Waals surface area contributed by atoms with Gasteiger partial charge in [0.2, 0.25) is 0 Å². The highest BCUT2D eigenvalue weighted by molar-refractivity contribution is 5.89. The van der Waals surface area contributed by atoms with Crippen LogP contribution >= 0.6 is 0 Å². The van der Waals surface area contributed by atoms with Gasteiger partial charge in [-0.2, -0.15) is 0 Å². The van der Waals surface area contributed by atoms with Crippen molar-refractivity contribution in [3.63, 3.8) is 0 Å². The smallest absolute Gasteiger partial charge is 0.478 e. The van der Waals surface area contributed by atoms with Gasteiger partial charge in [-0.05, 0) is 30.2 Å². The van der Waals surface area contributed by atoms with Crippen molar-refractivity contribution in [2.75, 3.05) is 6.61 Å². The molecule has 0 aliphatic heterocycles. The van der Waals surface area contributed by atoms with Crippen molar-refractivity contribution in [3.05, 3.63) is 35.4 Å². The molecule has 4 nitrogen and oxygen atoms in total. The van der Waals surface area contributed by atoms with E-state index in [0.717, 1.165) is 12.1 Å². The summed E-state index contributed by atoms with van der Waals surface area (Å²) in [5.41, 5.74) is -0.0713. The van der Waals surface area contributed by atoms with E-state index in [1.54, 1.807) is 0 Å². The summed E-state index contributed by atoms with van der Waals surface area (Å²) in [5, 5.41) is 17.4. The Morgan fingerprint density at radius 2 is 2.00 bits per heavy atom. The van der Waals surface area contributed by atoms with Crippen LogP contribution in [0.15, 0.2) is 24.3 Å². The first kappa shape index (κ1) is 15.0. The van der Waals surface area contributed by atoms with Gasteiger partial charge in [0.15, 0.2) is 0 Å². The molecule has 0 fully saturated rings. The van der Waals surface area contributed by atoms with E-state index >= 15 is 0 Å². The minimum Gasteiger partial charge on any atom is -0.478 e. The molecule has 0 aliphatic rings. The van der Waals surface area contributed by atoms with Gasteiger partial charge in [-0.15, -0.1) is 13.2 Å². The average Bonchev–Trinajstić information content (AvgIpc) is 2.26. The fourth-order valence-electron chi connectivity index (χ4n) is 1.33. The Morgan fingerprint density at radius 1 is 1.32 bits per heavy atom. The molecule has 0 saturated carbocycles. The maximum absolute atomic E-state index is 12.1. The lowest BCUT2D eigenvalue weighted by atomic mass is 10.1. The summed E-state index contributed by atoms with van der Waals surface area (Å²) in [6.45, 7) is -0.110. The predicted molar refractivity (Wildman–Crippen MR) is 60.8 cm³/mol. The molecule has 2 N–H and O–H groups in total. The SMILES string of the molecule is O=C(O)c1cc(C=CCCO)cc(OC(F)(F)F)c1. The number of carboxylic acids is 1. The minimum absolute atomic E-state index is 0.110. The van der Waals surface area contributed by atoms with Crippen LogP contribution in [-0.4, -0.2) is 29.2 Å². The van der Waals surface area contributed by atoms with E-state index in [2.05, 4.69) is 4.74 Å². The molecular formula is C12H11F3O4. The third-order valence-corrected chi connectivity index (χ3v) is 2.02. The predicted octanol–water partition coefficient (Wildman–Crippen LogP) is 2.68. The largest absolute Gasteiger partial charge is 0.573 e. The highest BCUT2D eigenvalue weighted by atomic mass is 19.4. The van der Waals surface area contributed by atoms with E-state index < -0.39 is 18.1 Å². The molecule has 19 heavy (non-hydrogen) atoms. The van der Waals surface area contributed by atoms with Crippen LogP contribution in [0.5, 0.6) is 5.75 Å². The normalized spacial score (nSPS) is 11.8. The number of aliphatic hydroxyl groups is 1. The van der Waals surface area contributed by atoms with Gasteiger partial charge in [0.1, 0.15) is 5.75 Å². The first-order valence-corrected chi connectivity index (χ1v) is 5.23. The maximum atomic E-state index is 12.1. The third-order valence-electron chi connectivity index (χ3n) is 2.02. The Kier molecular flexibility index (Phi) is 4.94. The molecule has 0 aromatic heterocycles. The van der Waals surface area contributed by atoms with Crippen molar-refractivity contribution in [2.45, 2.75) is 12.8 Å². The van der Waals surface area contributed by atoms with Crippen molar-refractivity contribution in [3.8, 4) is 5.75 Å². The van der Waals surface area contributed by atoms with Crippen molar-refractivity contribution in [1.82, 2.24) is 0 Å². The molecule has 0 saturated heterocycles. The Hall–Kier alpha value is -2.02. The van der Waals surface area contributed by atoms with E-state index in [1.807, 2.05) is 0 Å². The monoisotopic (exact) mass is 276 g/mol. The molecule has 0 aliphatic carbocycles. The number of ether oxygens (including phenoxy) is 1. The first-order chi connectivity index (χ1) is 8.81. The standard InChI is InChI=1S/C12H11F3O4/c13-12(14,15)19-10-6-8(3-1-2-4-16)5-9(7-10)11(17)18/h1,3,5-7,16H,2,4H2,(H,17,18). The number of hydrogen-bond acceptors (Lipinski definition) is 3. The molecule has 0 heterocycles.